The molecule has 29 heavy (non-hydrogen) atoms. The number of carbonyl (C=O) groups is 1. The smallest absolute Gasteiger partial charge is 0.223 e. The summed E-state index contributed by atoms with van der Waals surface area (Å²) in [6.07, 6.45) is 9.07. The third-order valence-corrected chi connectivity index (χ3v) is 6.42. The van der Waals surface area contributed by atoms with Gasteiger partial charge in [-0.05, 0) is 44.6 Å². The number of hydrogen-bond acceptors (Lipinski definition) is 4. The van der Waals surface area contributed by atoms with E-state index in [1.807, 2.05) is 24.4 Å². The second-order valence-electron chi connectivity index (χ2n) is 8.19. The number of para-hydroxylation sites is 1. The minimum absolute atomic E-state index is 0.0561. The number of benzene rings is 1. The first-order valence-electron chi connectivity index (χ1n) is 10.7. The Morgan fingerprint density at radius 1 is 1.21 bits per heavy atom. The molecule has 3 atom stereocenters. The lowest BCUT2D eigenvalue weighted by molar-refractivity contribution is -0.128. The fourth-order valence-corrected chi connectivity index (χ4v) is 4.79. The van der Waals surface area contributed by atoms with E-state index in [1.165, 1.54) is 11.3 Å². The van der Waals surface area contributed by atoms with Crippen molar-refractivity contribution in [3.8, 4) is 5.75 Å². The lowest BCUT2D eigenvalue weighted by atomic mass is 9.85. The lowest BCUT2D eigenvalue weighted by Gasteiger charge is -2.30. The Kier molecular flexibility index (Phi) is 6.19. The van der Waals surface area contributed by atoms with Crippen LogP contribution in [-0.4, -0.2) is 36.0 Å². The van der Waals surface area contributed by atoms with Crippen LogP contribution in [0.5, 0.6) is 5.75 Å². The topological polar surface area (TPSA) is 65.4 Å². The molecule has 0 saturated heterocycles. The van der Waals surface area contributed by atoms with Crippen LogP contribution in [0.4, 0.5) is 0 Å². The first-order valence-corrected chi connectivity index (χ1v) is 10.7. The lowest BCUT2D eigenvalue weighted by Crippen LogP contribution is -2.38. The Hall–Kier alpha value is -2.34. The Bertz CT molecular complexity index is 848. The molecule has 0 bridgehead atoms. The number of carbonyl (C=O) groups excluding carboxylic acids is 1. The van der Waals surface area contributed by atoms with Gasteiger partial charge in [-0.15, -0.1) is 0 Å². The molecular formula is C23H31N3O3. The van der Waals surface area contributed by atoms with Crippen LogP contribution >= 0.6 is 0 Å². The van der Waals surface area contributed by atoms with E-state index in [0.29, 0.717) is 6.54 Å². The molecular weight excluding hydrogens is 366 g/mol. The summed E-state index contributed by atoms with van der Waals surface area (Å²) in [7, 11) is 3.44. The van der Waals surface area contributed by atoms with Gasteiger partial charge in [0.2, 0.25) is 5.91 Å². The Labute approximate surface area is 172 Å². The second-order valence-corrected chi connectivity index (χ2v) is 8.19. The summed E-state index contributed by atoms with van der Waals surface area (Å²) in [6, 6.07) is 8.11. The van der Waals surface area contributed by atoms with Gasteiger partial charge in [0.15, 0.2) is 0 Å². The summed E-state index contributed by atoms with van der Waals surface area (Å²) < 4.78 is 13.0. The number of rotatable bonds is 6. The fraction of sp³-hybridized carbons (Fsp3) is 0.565. The van der Waals surface area contributed by atoms with Crippen molar-refractivity contribution in [2.24, 2.45) is 5.92 Å². The maximum absolute atomic E-state index is 12.9. The molecule has 1 heterocycles. The number of nitrogens with zero attached hydrogens (tertiary/aromatic N) is 2. The van der Waals surface area contributed by atoms with Gasteiger partial charge in [0.05, 0.1) is 32.0 Å². The summed E-state index contributed by atoms with van der Waals surface area (Å²) in [5.74, 6) is 1.10. The van der Waals surface area contributed by atoms with Gasteiger partial charge >= 0.3 is 0 Å². The Morgan fingerprint density at radius 2 is 2.07 bits per heavy atom. The number of aromatic nitrogens is 2. The molecule has 2 aliphatic carbocycles. The molecule has 4 rings (SSSR count). The molecule has 156 valence electrons. The standard InChI is InChI=1S/C23H31N3O3/c1-28-18-9-5-8-16(13-18)23(27)25-20-10-6-11-21-19(20)14-24-26(21)15-17-7-3-4-12-22(17)29-2/h3-4,7,12,14,16,18,20H,5-6,8-11,13,15H2,1-2H3,(H,25,27)/t16-,18+,20+/m1/s1. The van der Waals surface area contributed by atoms with E-state index in [1.54, 1.807) is 14.2 Å². The molecule has 1 fully saturated rings. The number of hydrogen-bond donors (Lipinski definition) is 1. The van der Waals surface area contributed by atoms with E-state index < -0.39 is 0 Å². The summed E-state index contributed by atoms with van der Waals surface area (Å²) in [5, 5.41) is 7.97. The average molecular weight is 398 g/mol. The van der Waals surface area contributed by atoms with Crippen molar-refractivity contribution in [2.45, 2.75) is 63.6 Å². The van der Waals surface area contributed by atoms with Gasteiger partial charge in [-0.2, -0.15) is 5.10 Å². The molecule has 6 heteroatoms. The van der Waals surface area contributed by atoms with Crippen LogP contribution in [0.2, 0.25) is 0 Å². The highest BCUT2D eigenvalue weighted by atomic mass is 16.5. The highest BCUT2D eigenvalue weighted by molar-refractivity contribution is 5.79. The predicted molar refractivity (Wildman–Crippen MR) is 111 cm³/mol. The molecule has 0 spiro atoms. The molecule has 0 unspecified atom stereocenters. The molecule has 0 radical (unpaired) electrons. The minimum Gasteiger partial charge on any atom is -0.496 e. The van der Waals surface area contributed by atoms with Crippen molar-refractivity contribution in [1.29, 1.82) is 0 Å². The average Bonchev–Trinajstić information content (AvgIpc) is 3.18. The van der Waals surface area contributed by atoms with Gasteiger partial charge in [-0.1, -0.05) is 24.6 Å². The van der Waals surface area contributed by atoms with Crippen LogP contribution in [0.1, 0.15) is 61.4 Å². The van der Waals surface area contributed by atoms with Crippen LogP contribution in [0.15, 0.2) is 30.5 Å². The molecule has 6 nitrogen and oxygen atoms in total. The molecule has 1 N–H and O–H groups in total. The van der Waals surface area contributed by atoms with Crippen LogP contribution in [0.25, 0.3) is 0 Å². The SMILES string of the molecule is COc1ccccc1Cn1ncc2c1CCC[C@@H]2NC(=O)[C@@H]1CCC[C@H](OC)C1. The number of fused-ring (bicyclic) bond motifs is 1. The van der Waals surface area contributed by atoms with E-state index in [2.05, 4.69) is 21.2 Å². The van der Waals surface area contributed by atoms with Gasteiger partial charge in [0.1, 0.15) is 5.75 Å². The monoisotopic (exact) mass is 397 g/mol. The normalized spacial score (nSPS) is 24.0. The first kappa shape index (κ1) is 20.0. The van der Waals surface area contributed by atoms with Crippen LogP contribution in [0, 0.1) is 5.92 Å². The van der Waals surface area contributed by atoms with Crippen molar-refractivity contribution < 1.29 is 14.3 Å². The summed E-state index contributed by atoms with van der Waals surface area (Å²) in [5.41, 5.74) is 3.50. The molecule has 2 aromatic rings. The van der Waals surface area contributed by atoms with Gasteiger partial charge < -0.3 is 14.8 Å². The van der Waals surface area contributed by atoms with Gasteiger partial charge in [0, 0.05) is 29.8 Å². The number of ether oxygens (including phenoxy) is 2. The third kappa shape index (κ3) is 4.32. The van der Waals surface area contributed by atoms with E-state index >= 15 is 0 Å². The van der Waals surface area contributed by atoms with Gasteiger partial charge in [0.25, 0.3) is 0 Å². The van der Waals surface area contributed by atoms with Gasteiger partial charge in [-0.3, -0.25) is 9.48 Å². The highest BCUT2D eigenvalue weighted by Gasteiger charge is 2.31. The third-order valence-electron chi connectivity index (χ3n) is 6.42. The van der Waals surface area contributed by atoms with Crippen LogP contribution in [0.3, 0.4) is 0 Å². The summed E-state index contributed by atoms with van der Waals surface area (Å²) in [6.45, 7) is 0.679. The number of nitrogens with one attached hydrogen (secondary N) is 1. The zero-order valence-corrected chi connectivity index (χ0v) is 17.4. The zero-order chi connectivity index (χ0) is 20.2. The summed E-state index contributed by atoms with van der Waals surface area (Å²) in [4.78, 5) is 12.9. The van der Waals surface area contributed by atoms with Gasteiger partial charge in [-0.25, -0.2) is 0 Å². The van der Waals surface area contributed by atoms with E-state index in [4.69, 9.17) is 9.47 Å². The Morgan fingerprint density at radius 3 is 2.90 bits per heavy atom. The minimum atomic E-state index is 0.0561. The largest absolute Gasteiger partial charge is 0.496 e. The molecule has 1 amide bonds. The van der Waals surface area contributed by atoms with E-state index in [-0.39, 0.29) is 24.0 Å². The summed E-state index contributed by atoms with van der Waals surface area (Å²) >= 11 is 0. The highest BCUT2D eigenvalue weighted by Crippen LogP contribution is 2.32. The van der Waals surface area contributed by atoms with Crippen molar-refractivity contribution in [3.63, 3.8) is 0 Å². The van der Waals surface area contributed by atoms with Crippen LogP contribution < -0.4 is 10.1 Å². The molecule has 1 aromatic heterocycles. The quantitative estimate of drug-likeness (QED) is 0.808. The molecule has 1 saturated carbocycles. The molecule has 0 aliphatic heterocycles. The fourth-order valence-electron chi connectivity index (χ4n) is 4.79. The zero-order valence-electron chi connectivity index (χ0n) is 17.4. The van der Waals surface area contributed by atoms with Crippen molar-refractivity contribution in [2.75, 3.05) is 14.2 Å². The molecule has 1 aromatic carbocycles. The second kappa shape index (κ2) is 8.99. The van der Waals surface area contributed by atoms with Crippen molar-refractivity contribution in [3.05, 3.63) is 47.3 Å². The maximum atomic E-state index is 12.9. The van der Waals surface area contributed by atoms with E-state index in [0.717, 1.165) is 56.3 Å². The van der Waals surface area contributed by atoms with Crippen LogP contribution in [-0.2, 0) is 22.5 Å². The van der Waals surface area contributed by atoms with Crippen molar-refractivity contribution in [1.82, 2.24) is 15.1 Å². The first-order chi connectivity index (χ1) is 14.2. The number of methoxy groups -OCH3 is 2. The number of amides is 1. The van der Waals surface area contributed by atoms with E-state index in [9.17, 15) is 4.79 Å². The van der Waals surface area contributed by atoms with Crippen molar-refractivity contribution >= 4 is 5.91 Å². The Balaban J connectivity index is 1.47. The maximum Gasteiger partial charge on any atom is 0.223 e. The predicted octanol–water partition coefficient (Wildman–Crippen LogP) is 3.64. The molecule has 2 aliphatic rings.